The van der Waals surface area contributed by atoms with Crippen LogP contribution in [0.5, 0.6) is 0 Å². The molecule has 5 nitrogen and oxygen atoms in total. The molecular formula is C43H49N2O3S+. The van der Waals surface area contributed by atoms with Crippen LogP contribution in [-0.4, -0.2) is 36.3 Å². The minimum absolute atomic E-state index is 0.109. The number of hydrogen-bond acceptors (Lipinski definition) is 3. The smallest absolute Gasteiger partial charge is 0.295 e. The van der Waals surface area contributed by atoms with Gasteiger partial charge in [-0.25, -0.2) is 0 Å². The summed E-state index contributed by atoms with van der Waals surface area (Å²) in [5, 5.41) is 0. The predicted molar refractivity (Wildman–Crippen MR) is 205 cm³/mol. The van der Waals surface area contributed by atoms with E-state index < -0.39 is 10.1 Å². The van der Waals surface area contributed by atoms with Crippen LogP contribution in [0.3, 0.4) is 0 Å². The highest BCUT2D eigenvalue weighted by Gasteiger charge is 2.25. The Kier molecular flexibility index (Phi) is 11.5. The van der Waals surface area contributed by atoms with Crippen molar-refractivity contribution in [1.29, 1.82) is 0 Å². The average molecular weight is 674 g/mol. The molecule has 0 aliphatic heterocycles. The van der Waals surface area contributed by atoms with E-state index in [-0.39, 0.29) is 4.90 Å². The van der Waals surface area contributed by atoms with Crippen molar-refractivity contribution in [2.24, 2.45) is 0 Å². The van der Waals surface area contributed by atoms with Crippen LogP contribution in [0.2, 0.25) is 0 Å². The highest BCUT2D eigenvalue weighted by molar-refractivity contribution is 7.86. The monoisotopic (exact) mass is 673 g/mol. The van der Waals surface area contributed by atoms with Gasteiger partial charge >= 0.3 is 0 Å². The van der Waals surface area contributed by atoms with Crippen molar-refractivity contribution >= 4 is 38.5 Å². The number of hydrogen-bond donors (Lipinski definition) is 1. The summed E-state index contributed by atoms with van der Waals surface area (Å²) < 4.78 is 38.2. The molecule has 0 heterocycles. The van der Waals surface area contributed by atoms with Crippen LogP contribution in [0, 0.1) is 20.8 Å². The summed E-state index contributed by atoms with van der Waals surface area (Å²) in [4.78, 5) is 2.25. The molecule has 49 heavy (non-hydrogen) atoms. The molecule has 0 amide bonds. The first kappa shape index (κ1) is 35.8. The molecule has 0 bridgehead atoms. The number of allylic oxidation sites excluding steroid dienone is 5. The van der Waals surface area contributed by atoms with Gasteiger partial charge in [-0.05, 0) is 98.9 Å². The third-order valence-corrected chi connectivity index (χ3v) is 10.1. The maximum atomic E-state index is 12.7. The van der Waals surface area contributed by atoms with E-state index in [9.17, 15) is 13.0 Å². The zero-order chi connectivity index (χ0) is 35.1. The lowest BCUT2D eigenvalue weighted by Crippen LogP contribution is -2.20. The largest absolute Gasteiger partial charge is 0.341 e. The second-order valence-corrected chi connectivity index (χ2v) is 14.4. The average Bonchev–Trinajstić information content (AvgIpc) is 3.08. The van der Waals surface area contributed by atoms with Gasteiger partial charge in [-0.15, -0.1) is 0 Å². The van der Waals surface area contributed by atoms with Crippen molar-refractivity contribution in [2.45, 2.75) is 72.1 Å². The van der Waals surface area contributed by atoms with Crippen LogP contribution in [0.25, 0.3) is 5.57 Å². The van der Waals surface area contributed by atoms with Gasteiger partial charge in [0.2, 0.25) is 11.4 Å². The quantitative estimate of drug-likeness (QED) is 0.120. The van der Waals surface area contributed by atoms with Crippen LogP contribution < -0.4 is 4.90 Å². The van der Waals surface area contributed by atoms with Crippen molar-refractivity contribution in [3.05, 3.63) is 148 Å². The third-order valence-electron chi connectivity index (χ3n) is 9.15. The summed E-state index contributed by atoms with van der Waals surface area (Å²) in [6.45, 7) is 14.6. The van der Waals surface area contributed by atoms with Crippen LogP contribution in [0.4, 0.5) is 17.1 Å². The first-order valence-electron chi connectivity index (χ1n) is 17.4. The molecule has 1 aliphatic rings. The van der Waals surface area contributed by atoms with E-state index in [0.29, 0.717) is 5.56 Å². The number of rotatable bonds is 12. The summed E-state index contributed by atoms with van der Waals surface area (Å²) in [7, 11) is -4.49. The molecule has 4 aromatic carbocycles. The van der Waals surface area contributed by atoms with Gasteiger partial charge in [-0.1, -0.05) is 86.3 Å². The van der Waals surface area contributed by atoms with Gasteiger partial charge in [-0.2, -0.15) is 13.0 Å². The molecule has 6 heteroatoms. The number of anilines is 2. The van der Waals surface area contributed by atoms with Crippen LogP contribution in [-0.2, 0) is 10.1 Å². The van der Waals surface area contributed by atoms with E-state index >= 15 is 0 Å². The molecule has 0 saturated carbocycles. The van der Waals surface area contributed by atoms with E-state index in [2.05, 4.69) is 136 Å². The summed E-state index contributed by atoms with van der Waals surface area (Å²) in [6, 6.07) is 30.3. The fourth-order valence-corrected chi connectivity index (χ4v) is 7.16. The lowest BCUT2D eigenvalue weighted by molar-refractivity contribution is -0.440. The lowest BCUT2D eigenvalue weighted by atomic mass is 9.88. The van der Waals surface area contributed by atoms with Crippen LogP contribution in [0.15, 0.2) is 125 Å². The highest BCUT2D eigenvalue weighted by Crippen LogP contribution is 2.38. The number of nitrogens with zero attached hydrogens (tertiary/aromatic N) is 2. The van der Waals surface area contributed by atoms with Gasteiger partial charge in [0.15, 0.2) is 0 Å². The Hall–Kier alpha value is -4.52. The molecule has 0 radical (unpaired) electrons. The molecular weight excluding hydrogens is 625 g/mol. The van der Waals surface area contributed by atoms with Gasteiger partial charge in [-0.3, -0.25) is 4.55 Å². The molecule has 0 fully saturated rings. The second-order valence-electron chi connectivity index (χ2n) is 13.0. The summed E-state index contributed by atoms with van der Waals surface area (Å²) in [6.07, 6.45) is 10.6. The molecule has 0 saturated heterocycles. The molecule has 0 spiro atoms. The van der Waals surface area contributed by atoms with Gasteiger partial charge in [0, 0.05) is 53.7 Å². The van der Waals surface area contributed by atoms with Gasteiger partial charge < -0.3 is 4.90 Å². The number of benzene rings is 4. The maximum Gasteiger partial charge on any atom is 0.295 e. The van der Waals surface area contributed by atoms with Crippen LogP contribution in [0.1, 0.15) is 74.3 Å². The van der Waals surface area contributed by atoms with Gasteiger partial charge in [0.05, 0.1) is 0 Å². The molecule has 0 aromatic heterocycles. The SMILES string of the molecule is CCCCN(c1ccc(C)cc1)c1ccc(C(=C2C=CC(=[N+](CCCC)c3ccc(C)cc3)C(C)=C2)c2ccccc2S(=O)(=O)O)cc1C. The maximum absolute atomic E-state index is 12.7. The van der Waals surface area contributed by atoms with E-state index in [1.54, 1.807) is 12.1 Å². The molecule has 1 N–H and O–H groups in total. The Balaban J connectivity index is 1.70. The minimum Gasteiger partial charge on any atom is -0.341 e. The van der Waals surface area contributed by atoms with Crippen molar-refractivity contribution in [3.63, 3.8) is 0 Å². The molecule has 1 aliphatic carbocycles. The topological polar surface area (TPSA) is 60.6 Å². The molecule has 0 unspecified atom stereocenters. The Morgan fingerprint density at radius 3 is 2.04 bits per heavy atom. The second kappa shape index (κ2) is 15.8. The normalized spacial score (nSPS) is 15.2. The van der Waals surface area contributed by atoms with Gasteiger partial charge in [0.1, 0.15) is 11.4 Å². The van der Waals surface area contributed by atoms with Crippen molar-refractivity contribution in [2.75, 3.05) is 18.0 Å². The fourth-order valence-electron chi connectivity index (χ4n) is 6.46. The van der Waals surface area contributed by atoms with Crippen molar-refractivity contribution < 1.29 is 17.5 Å². The van der Waals surface area contributed by atoms with Crippen LogP contribution >= 0.6 is 0 Å². The first-order valence-corrected chi connectivity index (χ1v) is 18.8. The summed E-state index contributed by atoms with van der Waals surface area (Å²) in [5.41, 5.74) is 12.1. The van der Waals surface area contributed by atoms with Gasteiger partial charge in [0.25, 0.3) is 10.1 Å². The third kappa shape index (κ3) is 8.38. The predicted octanol–water partition coefficient (Wildman–Crippen LogP) is 10.7. The molecule has 5 rings (SSSR count). The Bertz CT molecular complexity index is 2030. The Morgan fingerprint density at radius 1 is 0.776 bits per heavy atom. The van der Waals surface area contributed by atoms with E-state index in [1.807, 2.05) is 6.07 Å². The summed E-state index contributed by atoms with van der Waals surface area (Å²) in [5.74, 6) is 0. The molecule has 254 valence electrons. The van der Waals surface area contributed by atoms with E-state index in [4.69, 9.17) is 0 Å². The fraction of sp³-hybridized carbons (Fsp3) is 0.279. The summed E-state index contributed by atoms with van der Waals surface area (Å²) >= 11 is 0. The Labute approximate surface area is 293 Å². The van der Waals surface area contributed by atoms with E-state index in [1.165, 1.54) is 17.2 Å². The van der Waals surface area contributed by atoms with Crippen molar-refractivity contribution in [1.82, 2.24) is 0 Å². The standard InChI is InChI=1S/C43H48N2O3S/c1-7-9-27-44(37-21-15-31(3)16-22-37)40-25-19-35(29-33(40)5)43(39-13-11-12-14-42(39)49(46,47)48)36-20-26-41(34(6)30-36)45(28-10-8-2)38-23-17-32(4)18-24-38/h11-26,29-30H,7-10,27-28H2,1-6H3/p+1. The first-order chi connectivity index (χ1) is 23.5. The number of aryl methyl sites for hydroxylation is 3. The molecule has 0 atom stereocenters. The molecule has 4 aromatic rings. The minimum atomic E-state index is -4.49. The Morgan fingerprint density at radius 2 is 1.43 bits per heavy atom. The van der Waals surface area contributed by atoms with Crippen molar-refractivity contribution in [3.8, 4) is 0 Å². The van der Waals surface area contributed by atoms with E-state index in [0.717, 1.165) is 89.4 Å². The highest BCUT2D eigenvalue weighted by atomic mass is 32.2. The number of unbranched alkanes of at least 4 members (excludes halogenated alkanes) is 2. The lowest BCUT2D eigenvalue weighted by Gasteiger charge is -2.27. The zero-order valence-corrected chi connectivity index (χ0v) is 30.5. The zero-order valence-electron chi connectivity index (χ0n) is 29.7.